The maximum atomic E-state index is 12.1. The molecular formula is C17H24N4O4. The fourth-order valence-corrected chi connectivity index (χ4v) is 2.59. The Morgan fingerprint density at radius 1 is 1.40 bits per heavy atom. The van der Waals surface area contributed by atoms with Gasteiger partial charge in [0.1, 0.15) is 5.75 Å². The Labute approximate surface area is 146 Å². The van der Waals surface area contributed by atoms with Gasteiger partial charge in [-0.25, -0.2) is 0 Å². The van der Waals surface area contributed by atoms with Gasteiger partial charge in [-0.2, -0.15) is 0 Å². The zero-order valence-corrected chi connectivity index (χ0v) is 14.3. The van der Waals surface area contributed by atoms with Crippen molar-refractivity contribution in [2.75, 3.05) is 25.1 Å². The molecule has 0 aliphatic carbocycles. The Kier molecular flexibility index (Phi) is 6.62. The maximum Gasteiger partial charge on any atom is 0.306 e. The van der Waals surface area contributed by atoms with Crippen LogP contribution in [-0.4, -0.2) is 37.6 Å². The second-order valence-electron chi connectivity index (χ2n) is 5.73. The molecule has 1 unspecified atom stereocenters. The lowest BCUT2D eigenvalue weighted by atomic mass is 9.90. The molecule has 1 atom stereocenters. The number of nitrogens with zero attached hydrogens (tertiary/aromatic N) is 1. The van der Waals surface area contributed by atoms with Crippen LogP contribution in [0.4, 0.5) is 5.69 Å². The summed E-state index contributed by atoms with van der Waals surface area (Å²) in [7, 11) is 0. The Morgan fingerprint density at radius 3 is 2.92 bits per heavy atom. The van der Waals surface area contributed by atoms with Gasteiger partial charge < -0.3 is 26.3 Å². The van der Waals surface area contributed by atoms with Gasteiger partial charge in [0.2, 0.25) is 5.91 Å². The van der Waals surface area contributed by atoms with Gasteiger partial charge in [0.05, 0.1) is 25.6 Å². The van der Waals surface area contributed by atoms with E-state index in [4.69, 9.17) is 20.9 Å². The third-order valence-corrected chi connectivity index (χ3v) is 3.76. The van der Waals surface area contributed by atoms with Crippen molar-refractivity contribution in [3.05, 3.63) is 23.8 Å². The summed E-state index contributed by atoms with van der Waals surface area (Å²) >= 11 is 0. The van der Waals surface area contributed by atoms with Crippen LogP contribution in [0.5, 0.6) is 5.75 Å². The van der Waals surface area contributed by atoms with Crippen molar-refractivity contribution in [2.45, 2.75) is 26.2 Å². The molecule has 0 bridgehead atoms. The summed E-state index contributed by atoms with van der Waals surface area (Å²) in [4.78, 5) is 27.6. The Bertz CT molecular complexity index is 656. The van der Waals surface area contributed by atoms with E-state index in [1.165, 1.54) is 0 Å². The SMILES string of the molecule is CCOC(=O)CC1Cc2cc(OCCCN=C(N)N)ccc2NC1=O. The number of ether oxygens (including phenoxy) is 2. The molecule has 1 aliphatic heterocycles. The highest BCUT2D eigenvalue weighted by Gasteiger charge is 2.28. The van der Waals surface area contributed by atoms with Crippen LogP contribution < -0.4 is 21.5 Å². The molecule has 0 saturated carbocycles. The molecule has 25 heavy (non-hydrogen) atoms. The van der Waals surface area contributed by atoms with Crippen LogP contribution in [0, 0.1) is 5.92 Å². The van der Waals surface area contributed by atoms with Crippen molar-refractivity contribution in [1.29, 1.82) is 0 Å². The third kappa shape index (κ3) is 5.66. The van der Waals surface area contributed by atoms with Gasteiger partial charge in [0, 0.05) is 18.7 Å². The predicted molar refractivity (Wildman–Crippen MR) is 94.3 cm³/mol. The monoisotopic (exact) mass is 348 g/mol. The molecule has 0 aromatic heterocycles. The first-order chi connectivity index (χ1) is 12.0. The number of aliphatic imine (C=N–C) groups is 1. The fraction of sp³-hybridized carbons (Fsp3) is 0.471. The van der Waals surface area contributed by atoms with E-state index >= 15 is 0 Å². The van der Waals surface area contributed by atoms with Gasteiger partial charge in [-0.1, -0.05) is 0 Å². The number of hydrogen-bond donors (Lipinski definition) is 3. The van der Waals surface area contributed by atoms with E-state index in [0.717, 1.165) is 11.3 Å². The number of hydrogen-bond acceptors (Lipinski definition) is 5. The lowest BCUT2D eigenvalue weighted by Gasteiger charge is -2.24. The average Bonchev–Trinajstić information content (AvgIpc) is 2.55. The summed E-state index contributed by atoms with van der Waals surface area (Å²) < 4.78 is 10.6. The van der Waals surface area contributed by atoms with Crippen LogP contribution in [0.1, 0.15) is 25.3 Å². The summed E-state index contributed by atoms with van der Waals surface area (Å²) in [6, 6.07) is 5.48. The number of anilines is 1. The van der Waals surface area contributed by atoms with Crippen LogP contribution >= 0.6 is 0 Å². The van der Waals surface area contributed by atoms with E-state index in [0.29, 0.717) is 38.3 Å². The van der Waals surface area contributed by atoms with Crippen molar-refractivity contribution in [1.82, 2.24) is 0 Å². The predicted octanol–water partition coefficient (Wildman–Crippen LogP) is 0.793. The molecule has 0 radical (unpaired) electrons. The number of nitrogens with two attached hydrogens (primary N) is 2. The summed E-state index contributed by atoms with van der Waals surface area (Å²) in [5, 5.41) is 2.83. The normalized spacial score (nSPS) is 15.7. The second kappa shape index (κ2) is 8.91. The highest BCUT2D eigenvalue weighted by molar-refractivity contribution is 5.97. The van der Waals surface area contributed by atoms with Crippen LogP contribution in [0.2, 0.25) is 0 Å². The number of carbonyl (C=O) groups excluding carboxylic acids is 2. The van der Waals surface area contributed by atoms with Crippen molar-refractivity contribution in [3.63, 3.8) is 0 Å². The van der Waals surface area contributed by atoms with Crippen molar-refractivity contribution in [2.24, 2.45) is 22.4 Å². The van der Waals surface area contributed by atoms with Crippen molar-refractivity contribution >= 4 is 23.5 Å². The maximum absolute atomic E-state index is 12.1. The fourth-order valence-electron chi connectivity index (χ4n) is 2.59. The van der Waals surface area contributed by atoms with E-state index in [1.54, 1.807) is 19.1 Å². The lowest BCUT2D eigenvalue weighted by Crippen LogP contribution is -2.32. The lowest BCUT2D eigenvalue weighted by molar-refractivity contribution is -0.145. The van der Waals surface area contributed by atoms with E-state index in [-0.39, 0.29) is 24.3 Å². The summed E-state index contributed by atoms with van der Waals surface area (Å²) in [6.45, 7) is 3.03. The molecule has 8 nitrogen and oxygen atoms in total. The van der Waals surface area contributed by atoms with Gasteiger partial charge in [-0.3, -0.25) is 14.6 Å². The minimum absolute atomic E-state index is 0.0668. The molecule has 8 heteroatoms. The molecule has 0 saturated heterocycles. The molecule has 0 spiro atoms. The van der Waals surface area contributed by atoms with Crippen molar-refractivity contribution < 1.29 is 19.1 Å². The second-order valence-corrected chi connectivity index (χ2v) is 5.73. The van der Waals surface area contributed by atoms with Crippen LogP contribution in [0.15, 0.2) is 23.2 Å². The minimum Gasteiger partial charge on any atom is -0.494 e. The quantitative estimate of drug-likeness (QED) is 0.276. The number of amides is 1. The summed E-state index contributed by atoms with van der Waals surface area (Å²) in [5.74, 6) is -0.181. The Balaban J connectivity index is 1.93. The molecule has 1 amide bonds. The number of guanidine groups is 1. The van der Waals surface area contributed by atoms with E-state index in [9.17, 15) is 9.59 Å². The summed E-state index contributed by atoms with van der Waals surface area (Å²) in [6.07, 6.45) is 1.24. The first-order valence-corrected chi connectivity index (χ1v) is 8.27. The smallest absolute Gasteiger partial charge is 0.306 e. The molecule has 1 aromatic rings. The van der Waals surface area contributed by atoms with Gasteiger partial charge in [0.15, 0.2) is 5.96 Å². The number of rotatable bonds is 8. The van der Waals surface area contributed by atoms with Crippen molar-refractivity contribution in [3.8, 4) is 5.75 Å². The number of esters is 1. The molecular weight excluding hydrogens is 324 g/mol. The zero-order valence-electron chi connectivity index (χ0n) is 14.3. The Hall–Kier alpha value is -2.77. The number of fused-ring (bicyclic) bond motifs is 1. The van der Waals surface area contributed by atoms with Crippen LogP contribution in [-0.2, 0) is 20.7 Å². The van der Waals surface area contributed by atoms with Gasteiger partial charge in [-0.05, 0) is 37.1 Å². The van der Waals surface area contributed by atoms with Gasteiger partial charge >= 0.3 is 5.97 Å². The summed E-state index contributed by atoms with van der Waals surface area (Å²) in [5.41, 5.74) is 12.2. The number of carbonyl (C=O) groups is 2. The first-order valence-electron chi connectivity index (χ1n) is 8.27. The largest absolute Gasteiger partial charge is 0.494 e. The molecule has 5 N–H and O–H groups in total. The topological polar surface area (TPSA) is 129 Å². The third-order valence-electron chi connectivity index (χ3n) is 3.76. The first kappa shape index (κ1) is 18.6. The highest BCUT2D eigenvalue weighted by Crippen LogP contribution is 2.30. The van der Waals surface area contributed by atoms with E-state index in [2.05, 4.69) is 10.3 Å². The Morgan fingerprint density at radius 2 is 2.20 bits per heavy atom. The molecule has 2 rings (SSSR count). The van der Waals surface area contributed by atoms with Crippen LogP contribution in [0.25, 0.3) is 0 Å². The number of benzene rings is 1. The molecule has 136 valence electrons. The van der Waals surface area contributed by atoms with Gasteiger partial charge in [0.25, 0.3) is 0 Å². The average molecular weight is 348 g/mol. The molecule has 1 aliphatic rings. The van der Waals surface area contributed by atoms with E-state index < -0.39 is 5.92 Å². The minimum atomic E-state index is -0.427. The zero-order chi connectivity index (χ0) is 18.2. The van der Waals surface area contributed by atoms with E-state index in [1.807, 2.05) is 6.07 Å². The standard InChI is InChI=1S/C17H24N4O4/c1-2-24-15(22)10-12-8-11-9-13(4-5-14(11)21-16(12)23)25-7-3-6-20-17(18)19/h4-5,9,12H,2-3,6-8,10H2,1H3,(H,21,23)(H4,18,19,20). The van der Waals surface area contributed by atoms with Gasteiger partial charge in [-0.15, -0.1) is 0 Å². The highest BCUT2D eigenvalue weighted by atomic mass is 16.5. The number of nitrogens with one attached hydrogen (secondary N) is 1. The molecule has 1 aromatic carbocycles. The molecule has 1 heterocycles. The van der Waals surface area contributed by atoms with Crippen LogP contribution in [0.3, 0.4) is 0 Å². The molecule has 0 fully saturated rings.